The lowest BCUT2D eigenvalue weighted by molar-refractivity contribution is -0.384. The highest BCUT2D eigenvalue weighted by Crippen LogP contribution is 2.39. The van der Waals surface area contributed by atoms with Crippen LogP contribution in [-0.2, 0) is 0 Å². The fourth-order valence-electron chi connectivity index (χ4n) is 3.62. The summed E-state index contributed by atoms with van der Waals surface area (Å²) in [5.74, 6) is -0.446. The molecule has 28 heavy (non-hydrogen) atoms. The SMILES string of the molecule is CCN1C(=O)c2oc3cc(C)c(Cl)cc3c(=O)c2C1c1cccc([N+](=O)[O-])c1. The molecule has 4 rings (SSSR count). The number of nitrogens with zero attached hydrogens (tertiary/aromatic N) is 2. The monoisotopic (exact) mass is 398 g/mol. The van der Waals surface area contributed by atoms with Crippen molar-refractivity contribution < 1.29 is 14.1 Å². The molecule has 142 valence electrons. The molecule has 1 amide bonds. The molecule has 3 aromatic rings. The van der Waals surface area contributed by atoms with Gasteiger partial charge in [-0.3, -0.25) is 19.7 Å². The van der Waals surface area contributed by atoms with Crippen molar-refractivity contribution in [2.75, 3.05) is 6.54 Å². The third-order valence-corrected chi connectivity index (χ3v) is 5.39. The van der Waals surface area contributed by atoms with Gasteiger partial charge in [-0.1, -0.05) is 23.7 Å². The van der Waals surface area contributed by atoms with E-state index in [2.05, 4.69) is 0 Å². The smallest absolute Gasteiger partial charge is 0.290 e. The van der Waals surface area contributed by atoms with Gasteiger partial charge in [0.1, 0.15) is 5.58 Å². The highest BCUT2D eigenvalue weighted by Gasteiger charge is 2.42. The molecular formula is C20H15ClN2O5. The Balaban J connectivity index is 2.03. The first-order valence-electron chi connectivity index (χ1n) is 8.65. The van der Waals surface area contributed by atoms with Gasteiger partial charge in [-0.25, -0.2) is 0 Å². The Bertz CT molecular complexity index is 1220. The van der Waals surface area contributed by atoms with E-state index < -0.39 is 16.9 Å². The van der Waals surface area contributed by atoms with E-state index in [0.717, 1.165) is 5.56 Å². The Morgan fingerprint density at radius 2 is 2.00 bits per heavy atom. The maximum absolute atomic E-state index is 13.3. The molecule has 1 aliphatic heterocycles. The number of carbonyl (C=O) groups excluding carboxylic acids is 1. The summed E-state index contributed by atoms with van der Waals surface area (Å²) in [6, 6.07) is 8.34. The zero-order valence-corrected chi connectivity index (χ0v) is 15.8. The fraction of sp³-hybridized carbons (Fsp3) is 0.200. The van der Waals surface area contributed by atoms with Crippen molar-refractivity contribution in [2.24, 2.45) is 0 Å². The van der Waals surface area contributed by atoms with Crippen LogP contribution in [-0.4, -0.2) is 22.3 Å². The Morgan fingerprint density at radius 3 is 2.68 bits per heavy atom. The first-order chi connectivity index (χ1) is 13.3. The molecule has 1 atom stereocenters. The molecule has 1 aliphatic rings. The van der Waals surface area contributed by atoms with Crippen LogP contribution in [0, 0.1) is 17.0 Å². The van der Waals surface area contributed by atoms with Crippen LogP contribution in [0.25, 0.3) is 11.0 Å². The first kappa shape index (κ1) is 18.2. The maximum atomic E-state index is 13.3. The van der Waals surface area contributed by atoms with E-state index in [1.807, 2.05) is 0 Å². The molecule has 0 saturated heterocycles. The van der Waals surface area contributed by atoms with Crippen LogP contribution in [0.15, 0.2) is 45.6 Å². The number of rotatable bonds is 3. The second kappa shape index (κ2) is 6.45. The van der Waals surface area contributed by atoms with Gasteiger partial charge in [0.15, 0.2) is 5.43 Å². The largest absolute Gasteiger partial charge is 0.450 e. The minimum Gasteiger partial charge on any atom is -0.450 e. The molecule has 8 heteroatoms. The molecule has 7 nitrogen and oxygen atoms in total. The van der Waals surface area contributed by atoms with Gasteiger partial charge in [-0.2, -0.15) is 0 Å². The molecule has 0 radical (unpaired) electrons. The number of nitro benzene ring substituents is 1. The predicted octanol–water partition coefficient (Wildman–Crippen LogP) is 4.23. The van der Waals surface area contributed by atoms with Crippen molar-refractivity contribution >= 4 is 34.2 Å². The number of hydrogen-bond acceptors (Lipinski definition) is 5. The molecule has 0 N–H and O–H groups in total. The summed E-state index contributed by atoms with van der Waals surface area (Å²) in [7, 11) is 0. The Labute approximate surface area is 164 Å². The average molecular weight is 399 g/mol. The lowest BCUT2D eigenvalue weighted by Gasteiger charge is -2.23. The molecule has 0 aliphatic carbocycles. The number of carbonyl (C=O) groups is 1. The summed E-state index contributed by atoms with van der Waals surface area (Å²) >= 11 is 6.17. The van der Waals surface area contributed by atoms with Gasteiger partial charge in [0, 0.05) is 23.7 Å². The third-order valence-electron chi connectivity index (χ3n) is 4.98. The number of fused-ring (bicyclic) bond motifs is 2. The molecule has 0 spiro atoms. The summed E-state index contributed by atoms with van der Waals surface area (Å²) < 4.78 is 5.81. The van der Waals surface area contributed by atoms with Crippen LogP contribution in [0.4, 0.5) is 5.69 Å². The van der Waals surface area contributed by atoms with Crippen molar-refractivity contribution in [3.8, 4) is 0 Å². The van der Waals surface area contributed by atoms with Crippen molar-refractivity contribution in [3.05, 3.63) is 84.2 Å². The summed E-state index contributed by atoms with van der Waals surface area (Å²) in [6.45, 7) is 3.87. The average Bonchev–Trinajstić information content (AvgIpc) is 2.96. The Kier molecular flexibility index (Phi) is 4.19. The molecule has 1 unspecified atom stereocenters. The Morgan fingerprint density at radius 1 is 1.25 bits per heavy atom. The van der Waals surface area contributed by atoms with Gasteiger partial charge in [0.2, 0.25) is 5.76 Å². The first-order valence-corrected chi connectivity index (χ1v) is 9.03. The number of nitro groups is 1. The number of benzene rings is 2. The molecule has 0 bridgehead atoms. The van der Waals surface area contributed by atoms with E-state index in [1.165, 1.54) is 29.2 Å². The van der Waals surface area contributed by atoms with Gasteiger partial charge >= 0.3 is 0 Å². The third kappa shape index (κ3) is 2.58. The van der Waals surface area contributed by atoms with Crippen molar-refractivity contribution in [1.82, 2.24) is 4.90 Å². The lowest BCUT2D eigenvalue weighted by atomic mass is 9.98. The normalized spacial score (nSPS) is 15.9. The second-order valence-corrected chi connectivity index (χ2v) is 7.02. The number of aryl methyl sites for hydroxylation is 1. The molecule has 2 aromatic carbocycles. The number of amides is 1. The maximum Gasteiger partial charge on any atom is 0.290 e. The minimum absolute atomic E-state index is 0.0300. The van der Waals surface area contributed by atoms with Gasteiger partial charge in [-0.05, 0) is 37.1 Å². The summed E-state index contributed by atoms with van der Waals surface area (Å²) in [5.41, 5.74) is 1.20. The highest BCUT2D eigenvalue weighted by atomic mass is 35.5. The number of non-ortho nitro benzene ring substituents is 1. The van der Waals surface area contributed by atoms with Crippen molar-refractivity contribution in [3.63, 3.8) is 0 Å². The van der Waals surface area contributed by atoms with Crippen molar-refractivity contribution in [2.45, 2.75) is 19.9 Å². The van der Waals surface area contributed by atoms with Crippen LogP contribution in [0.2, 0.25) is 5.02 Å². The van der Waals surface area contributed by atoms with E-state index in [4.69, 9.17) is 16.0 Å². The fourth-order valence-corrected chi connectivity index (χ4v) is 3.79. The molecule has 0 fully saturated rings. The Hall–Kier alpha value is -3.19. The van der Waals surface area contributed by atoms with Crippen LogP contribution in [0.5, 0.6) is 0 Å². The predicted molar refractivity (Wildman–Crippen MR) is 104 cm³/mol. The van der Waals surface area contributed by atoms with E-state index in [1.54, 1.807) is 26.0 Å². The number of halogens is 1. The van der Waals surface area contributed by atoms with Crippen LogP contribution in [0.3, 0.4) is 0 Å². The van der Waals surface area contributed by atoms with E-state index in [-0.39, 0.29) is 33.4 Å². The molecule has 1 aromatic heterocycles. The van der Waals surface area contributed by atoms with E-state index >= 15 is 0 Å². The quantitative estimate of drug-likeness (QED) is 0.486. The summed E-state index contributed by atoms with van der Waals surface area (Å²) in [5, 5.41) is 11.9. The molecule has 2 heterocycles. The number of hydrogen-bond donors (Lipinski definition) is 0. The highest BCUT2D eigenvalue weighted by molar-refractivity contribution is 6.32. The van der Waals surface area contributed by atoms with Gasteiger partial charge < -0.3 is 9.32 Å². The van der Waals surface area contributed by atoms with Crippen LogP contribution in [0.1, 0.15) is 40.2 Å². The summed E-state index contributed by atoms with van der Waals surface area (Å²) in [6.07, 6.45) is 0. The second-order valence-electron chi connectivity index (χ2n) is 6.62. The lowest BCUT2D eigenvalue weighted by Crippen LogP contribution is -2.29. The van der Waals surface area contributed by atoms with Crippen molar-refractivity contribution in [1.29, 1.82) is 0 Å². The molecular weight excluding hydrogens is 384 g/mol. The zero-order valence-electron chi connectivity index (χ0n) is 15.1. The van der Waals surface area contributed by atoms with Gasteiger partial charge in [0.05, 0.1) is 21.9 Å². The molecule has 0 saturated carbocycles. The van der Waals surface area contributed by atoms with Crippen LogP contribution >= 0.6 is 11.6 Å². The topological polar surface area (TPSA) is 93.7 Å². The van der Waals surface area contributed by atoms with E-state index in [9.17, 15) is 19.7 Å². The van der Waals surface area contributed by atoms with Crippen LogP contribution < -0.4 is 5.43 Å². The summed E-state index contributed by atoms with van der Waals surface area (Å²) in [4.78, 5) is 38.3. The van der Waals surface area contributed by atoms with Gasteiger partial charge in [0.25, 0.3) is 11.6 Å². The zero-order chi connectivity index (χ0) is 20.2. The standard InChI is InChI=1S/C20H15ClN2O5/c1-3-22-17(11-5-4-6-12(8-11)23(26)27)16-18(24)13-9-14(21)10(2)7-15(13)28-19(16)20(22)25/h4-9,17H,3H2,1-2H3. The van der Waals surface area contributed by atoms with Gasteiger partial charge in [-0.15, -0.1) is 0 Å². The van der Waals surface area contributed by atoms with E-state index in [0.29, 0.717) is 17.1 Å². The minimum atomic E-state index is -0.756.